The lowest BCUT2D eigenvalue weighted by molar-refractivity contribution is 0.0603. The quantitative estimate of drug-likeness (QED) is 0.416. The third-order valence-electron chi connectivity index (χ3n) is 3.46. The smallest absolute Gasteiger partial charge is 0.338 e. The van der Waals surface area contributed by atoms with Crippen LogP contribution in [0, 0.1) is 0 Å². The maximum atomic E-state index is 11.9. The Balaban J connectivity index is 1.91. The van der Waals surface area contributed by atoms with Crippen LogP contribution in [-0.2, 0) is 4.74 Å². The first-order valence-electron chi connectivity index (χ1n) is 6.71. The van der Waals surface area contributed by atoms with Gasteiger partial charge in [0.15, 0.2) is 10.1 Å². The Bertz CT molecular complexity index is 1030. The second-order valence-electron chi connectivity index (χ2n) is 4.73. The first-order chi connectivity index (χ1) is 11.2. The number of furan rings is 1. The molecule has 8 heteroatoms. The number of nitrogens with zero attached hydrogens (tertiary/aromatic N) is 3. The largest absolute Gasteiger partial charge is 0.465 e. The SMILES string of the molecule is COC(=O)c1cccc2oc(-c3cnc4sc(SC)nn34)cc12. The van der Waals surface area contributed by atoms with Crippen LogP contribution < -0.4 is 0 Å². The van der Waals surface area contributed by atoms with Crippen LogP contribution in [-0.4, -0.2) is 33.9 Å². The van der Waals surface area contributed by atoms with Gasteiger partial charge in [0.1, 0.15) is 11.3 Å². The number of hydrogen-bond donors (Lipinski definition) is 0. The number of ether oxygens (including phenoxy) is 1. The van der Waals surface area contributed by atoms with E-state index < -0.39 is 0 Å². The van der Waals surface area contributed by atoms with E-state index >= 15 is 0 Å². The molecule has 0 saturated carbocycles. The number of thioether (sulfide) groups is 1. The molecule has 0 atom stereocenters. The summed E-state index contributed by atoms with van der Waals surface area (Å²) in [6.07, 6.45) is 3.69. The van der Waals surface area contributed by atoms with Gasteiger partial charge in [-0.25, -0.2) is 9.78 Å². The normalized spacial score (nSPS) is 11.4. The molecule has 0 radical (unpaired) electrons. The predicted octanol–water partition coefficient (Wildman–Crippen LogP) is 3.71. The molecule has 3 heterocycles. The Hall–Kier alpha value is -2.32. The molecule has 3 aromatic heterocycles. The third kappa shape index (κ3) is 2.22. The first kappa shape index (κ1) is 14.3. The Labute approximate surface area is 139 Å². The molecule has 0 N–H and O–H groups in total. The van der Waals surface area contributed by atoms with Crippen molar-refractivity contribution in [3.05, 3.63) is 36.0 Å². The number of carbonyl (C=O) groups is 1. The van der Waals surface area contributed by atoms with E-state index in [1.54, 1.807) is 34.6 Å². The number of rotatable bonds is 3. The summed E-state index contributed by atoms with van der Waals surface area (Å²) in [6.45, 7) is 0. The molecule has 0 aliphatic heterocycles. The van der Waals surface area contributed by atoms with Crippen LogP contribution in [0.1, 0.15) is 10.4 Å². The lowest BCUT2D eigenvalue weighted by Gasteiger charge is -1.98. The minimum atomic E-state index is -0.389. The Kier molecular flexibility index (Phi) is 3.35. The average Bonchev–Trinajstić information content (AvgIpc) is 3.25. The lowest BCUT2D eigenvalue weighted by atomic mass is 10.1. The third-order valence-corrected chi connectivity index (χ3v) is 5.36. The zero-order valence-electron chi connectivity index (χ0n) is 12.3. The fourth-order valence-corrected chi connectivity index (χ4v) is 3.73. The molecule has 4 rings (SSSR count). The predicted molar refractivity (Wildman–Crippen MR) is 89.2 cm³/mol. The molecule has 0 aliphatic rings. The summed E-state index contributed by atoms with van der Waals surface area (Å²) in [7, 11) is 1.36. The lowest BCUT2D eigenvalue weighted by Crippen LogP contribution is -2.00. The van der Waals surface area contributed by atoms with Crippen molar-refractivity contribution in [1.29, 1.82) is 0 Å². The topological polar surface area (TPSA) is 69.6 Å². The standard InChI is InChI=1S/C15H11N3O3S2/c1-20-13(19)8-4-3-5-11-9(8)6-12(21-11)10-7-16-14-18(10)17-15(22-2)23-14/h3-7H,1-2H3. The van der Waals surface area contributed by atoms with Crippen LogP contribution in [0.3, 0.4) is 0 Å². The van der Waals surface area contributed by atoms with Gasteiger partial charge in [-0.2, -0.15) is 4.52 Å². The van der Waals surface area contributed by atoms with E-state index in [1.807, 2.05) is 18.4 Å². The highest BCUT2D eigenvalue weighted by Crippen LogP contribution is 2.32. The maximum Gasteiger partial charge on any atom is 0.338 e. The summed E-state index contributed by atoms with van der Waals surface area (Å²) < 4.78 is 13.4. The molecular formula is C15H11N3O3S2. The molecule has 0 amide bonds. The van der Waals surface area contributed by atoms with Crippen LogP contribution in [0.15, 0.2) is 39.2 Å². The van der Waals surface area contributed by atoms with Crippen molar-refractivity contribution in [2.45, 2.75) is 4.34 Å². The minimum absolute atomic E-state index is 0.389. The van der Waals surface area contributed by atoms with Crippen LogP contribution in [0.25, 0.3) is 27.4 Å². The number of methoxy groups -OCH3 is 1. The highest BCUT2D eigenvalue weighted by molar-refractivity contribution is 8.00. The second kappa shape index (κ2) is 5.39. The molecule has 0 aliphatic carbocycles. The minimum Gasteiger partial charge on any atom is -0.465 e. The van der Waals surface area contributed by atoms with E-state index in [4.69, 9.17) is 9.15 Å². The van der Waals surface area contributed by atoms with E-state index in [-0.39, 0.29) is 5.97 Å². The summed E-state index contributed by atoms with van der Waals surface area (Å²) in [5.41, 5.74) is 1.85. The molecule has 116 valence electrons. The fraction of sp³-hybridized carbons (Fsp3) is 0.133. The average molecular weight is 345 g/mol. The molecule has 4 aromatic rings. The Morgan fingerprint density at radius 1 is 1.43 bits per heavy atom. The highest BCUT2D eigenvalue weighted by Gasteiger charge is 2.18. The number of carbonyl (C=O) groups excluding carboxylic acids is 1. The molecular weight excluding hydrogens is 334 g/mol. The fourth-order valence-electron chi connectivity index (χ4n) is 2.40. The molecule has 6 nitrogen and oxygen atoms in total. The van der Waals surface area contributed by atoms with Gasteiger partial charge in [0.25, 0.3) is 0 Å². The summed E-state index contributed by atoms with van der Waals surface area (Å²) in [6, 6.07) is 7.12. The summed E-state index contributed by atoms with van der Waals surface area (Å²) in [4.78, 5) is 17.0. The van der Waals surface area contributed by atoms with E-state index in [0.717, 1.165) is 15.0 Å². The summed E-state index contributed by atoms with van der Waals surface area (Å²) in [5, 5.41) is 5.21. The molecule has 0 unspecified atom stereocenters. The zero-order valence-corrected chi connectivity index (χ0v) is 13.9. The zero-order chi connectivity index (χ0) is 16.0. The van der Waals surface area contributed by atoms with E-state index in [2.05, 4.69) is 10.1 Å². The Morgan fingerprint density at radius 3 is 3.09 bits per heavy atom. The van der Waals surface area contributed by atoms with Gasteiger partial charge < -0.3 is 9.15 Å². The molecule has 0 fully saturated rings. The van der Waals surface area contributed by atoms with Crippen LogP contribution in [0.5, 0.6) is 0 Å². The molecule has 0 spiro atoms. The van der Waals surface area contributed by atoms with Crippen molar-refractivity contribution in [3.63, 3.8) is 0 Å². The van der Waals surface area contributed by atoms with E-state index in [0.29, 0.717) is 22.3 Å². The Morgan fingerprint density at radius 2 is 2.30 bits per heavy atom. The number of fused-ring (bicyclic) bond motifs is 2. The summed E-state index contributed by atoms with van der Waals surface area (Å²) >= 11 is 3.09. The van der Waals surface area contributed by atoms with Gasteiger partial charge in [-0.05, 0) is 24.5 Å². The molecule has 0 saturated heterocycles. The van der Waals surface area contributed by atoms with Gasteiger partial charge in [0.2, 0.25) is 4.96 Å². The second-order valence-corrected chi connectivity index (χ2v) is 6.74. The van der Waals surface area contributed by atoms with Crippen molar-refractivity contribution in [2.24, 2.45) is 0 Å². The van der Waals surface area contributed by atoms with Gasteiger partial charge in [0, 0.05) is 5.39 Å². The number of esters is 1. The van der Waals surface area contributed by atoms with Gasteiger partial charge in [-0.15, -0.1) is 5.10 Å². The van der Waals surface area contributed by atoms with Gasteiger partial charge in [-0.1, -0.05) is 29.2 Å². The van der Waals surface area contributed by atoms with Crippen LogP contribution >= 0.6 is 23.1 Å². The van der Waals surface area contributed by atoms with Gasteiger partial charge in [-0.3, -0.25) is 0 Å². The number of benzene rings is 1. The van der Waals surface area contributed by atoms with Crippen molar-refractivity contribution in [1.82, 2.24) is 14.6 Å². The van der Waals surface area contributed by atoms with Crippen molar-refractivity contribution in [3.8, 4) is 11.5 Å². The van der Waals surface area contributed by atoms with Crippen molar-refractivity contribution in [2.75, 3.05) is 13.4 Å². The van der Waals surface area contributed by atoms with Crippen LogP contribution in [0.2, 0.25) is 0 Å². The van der Waals surface area contributed by atoms with Crippen molar-refractivity contribution >= 4 is 45.0 Å². The van der Waals surface area contributed by atoms with Crippen LogP contribution in [0.4, 0.5) is 0 Å². The molecule has 23 heavy (non-hydrogen) atoms. The maximum absolute atomic E-state index is 11.9. The molecule has 1 aromatic carbocycles. The number of hydrogen-bond acceptors (Lipinski definition) is 7. The number of aromatic nitrogens is 3. The highest BCUT2D eigenvalue weighted by atomic mass is 32.2. The van der Waals surface area contributed by atoms with Gasteiger partial charge in [0.05, 0.1) is 18.9 Å². The monoisotopic (exact) mass is 345 g/mol. The van der Waals surface area contributed by atoms with Crippen molar-refractivity contribution < 1.29 is 13.9 Å². The number of imidazole rings is 1. The summed E-state index contributed by atoms with van der Waals surface area (Å²) in [5.74, 6) is 0.224. The molecule has 0 bridgehead atoms. The first-order valence-corrected chi connectivity index (χ1v) is 8.75. The van der Waals surface area contributed by atoms with E-state index in [1.165, 1.54) is 18.4 Å². The van der Waals surface area contributed by atoms with E-state index in [9.17, 15) is 4.79 Å². The van der Waals surface area contributed by atoms with Gasteiger partial charge >= 0.3 is 5.97 Å².